The van der Waals surface area contributed by atoms with Gasteiger partial charge < -0.3 is 11.1 Å². The Kier molecular flexibility index (Phi) is 6.98. The standard InChI is InChI=1S/C22H28ClN3O2S/c1-13(2)14(3)8-10-26-11-9-16-18(12-26)29-22(19(16)20(24)27)25-21(28)15-6-4-5-7-17(15)23/h4-7,13-14H,8-12H2,1-3H3,(H2,24,27)(H,25,28). The smallest absolute Gasteiger partial charge is 0.257 e. The molecule has 2 amide bonds. The second-order valence-corrected chi connectivity index (χ2v) is 9.55. The van der Waals surface area contributed by atoms with E-state index in [2.05, 4.69) is 31.0 Å². The highest BCUT2D eigenvalue weighted by atomic mass is 35.5. The van der Waals surface area contributed by atoms with E-state index in [1.807, 2.05) is 0 Å². The molecule has 1 aliphatic heterocycles. The van der Waals surface area contributed by atoms with E-state index in [1.54, 1.807) is 24.3 Å². The first-order valence-corrected chi connectivity index (χ1v) is 11.2. The summed E-state index contributed by atoms with van der Waals surface area (Å²) in [7, 11) is 0. The number of rotatable bonds is 7. The maximum atomic E-state index is 12.7. The van der Waals surface area contributed by atoms with Crippen molar-refractivity contribution in [2.75, 3.05) is 18.4 Å². The molecule has 0 spiro atoms. The molecular formula is C22H28ClN3O2S. The molecule has 29 heavy (non-hydrogen) atoms. The number of nitrogens with two attached hydrogens (primary N) is 1. The normalized spacial score (nSPS) is 15.2. The predicted octanol–water partition coefficient (Wildman–Crippen LogP) is 4.79. The van der Waals surface area contributed by atoms with Gasteiger partial charge in [-0.05, 0) is 48.9 Å². The Morgan fingerprint density at radius 2 is 2.00 bits per heavy atom. The summed E-state index contributed by atoms with van der Waals surface area (Å²) in [6.07, 6.45) is 1.92. The Morgan fingerprint density at radius 1 is 1.28 bits per heavy atom. The van der Waals surface area contributed by atoms with Crippen LogP contribution in [0.15, 0.2) is 24.3 Å². The number of benzene rings is 1. The van der Waals surface area contributed by atoms with Crippen LogP contribution in [0.5, 0.6) is 0 Å². The minimum atomic E-state index is -0.501. The van der Waals surface area contributed by atoms with Gasteiger partial charge in [-0.15, -0.1) is 11.3 Å². The summed E-state index contributed by atoms with van der Waals surface area (Å²) in [5, 5.41) is 3.75. The average Bonchev–Trinajstić information content (AvgIpc) is 3.03. The van der Waals surface area contributed by atoms with Gasteiger partial charge in [-0.25, -0.2) is 0 Å². The predicted molar refractivity (Wildman–Crippen MR) is 120 cm³/mol. The van der Waals surface area contributed by atoms with Crippen molar-refractivity contribution in [3.63, 3.8) is 0 Å². The molecule has 7 heteroatoms. The molecule has 0 aliphatic carbocycles. The first-order chi connectivity index (χ1) is 13.8. The zero-order valence-corrected chi connectivity index (χ0v) is 18.7. The largest absolute Gasteiger partial charge is 0.365 e. The van der Waals surface area contributed by atoms with Crippen LogP contribution in [0.3, 0.4) is 0 Å². The van der Waals surface area contributed by atoms with E-state index in [0.717, 1.165) is 42.9 Å². The highest BCUT2D eigenvalue weighted by Gasteiger charge is 2.28. The zero-order chi connectivity index (χ0) is 21.1. The van der Waals surface area contributed by atoms with E-state index in [-0.39, 0.29) is 5.91 Å². The topological polar surface area (TPSA) is 75.4 Å². The maximum absolute atomic E-state index is 12.7. The van der Waals surface area contributed by atoms with E-state index in [1.165, 1.54) is 11.3 Å². The second kappa shape index (κ2) is 9.28. The van der Waals surface area contributed by atoms with Crippen molar-refractivity contribution in [3.8, 4) is 0 Å². The van der Waals surface area contributed by atoms with E-state index in [4.69, 9.17) is 17.3 Å². The van der Waals surface area contributed by atoms with Gasteiger partial charge in [0, 0.05) is 18.0 Å². The molecule has 1 atom stereocenters. The first kappa shape index (κ1) is 21.8. The quantitative estimate of drug-likeness (QED) is 0.658. The van der Waals surface area contributed by atoms with E-state index >= 15 is 0 Å². The highest BCUT2D eigenvalue weighted by molar-refractivity contribution is 7.17. The van der Waals surface area contributed by atoms with Crippen LogP contribution in [0.25, 0.3) is 0 Å². The Balaban J connectivity index is 1.78. The number of fused-ring (bicyclic) bond motifs is 1. The van der Waals surface area contributed by atoms with E-state index < -0.39 is 5.91 Å². The second-order valence-electron chi connectivity index (χ2n) is 8.04. The van der Waals surface area contributed by atoms with Crippen molar-refractivity contribution in [1.29, 1.82) is 0 Å². The summed E-state index contributed by atoms with van der Waals surface area (Å²) in [5.74, 6) is 0.509. The lowest BCUT2D eigenvalue weighted by molar-refractivity contribution is 0.0999. The number of nitrogens with zero attached hydrogens (tertiary/aromatic N) is 1. The van der Waals surface area contributed by atoms with Gasteiger partial charge in [-0.1, -0.05) is 44.5 Å². The van der Waals surface area contributed by atoms with Crippen molar-refractivity contribution < 1.29 is 9.59 Å². The van der Waals surface area contributed by atoms with Crippen LogP contribution >= 0.6 is 22.9 Å². The van der Waals surface area contributed by atoms with Gasteiger partial charge in [0.15, 0.2) is 0 Å². The van der Waals surface area contributed by atoms with Gasteiger partial charge in [-0.3, -0.25) is 14.5 Å². The Morgan fingerprint density at radius 3 is 2.66 bits per heavy atom. The van der Waals surface area contributed by atoms with Crippen LogP contribution in [0, 0.1) is 11.8 Å². The van der Waals surface area contributed by atoms with Crippen LogP contribution in [0.4, 0.5) is 5.00 Å². The highest BCUT2D eigenvalue weighted by Crippen LogP contribution is 2.37. The van der Waals surface area contributed by atoms with Crippen molar-refractivity contribution >= 4 is 39.8 Å². The van der Waals surface area contributed by atoms with Crippen molar-refractivity contribution in [3.05, 3.63) is 50.9 Å². The van der Waals surface area contributed by atoms with Crippen LogP contribution < -0.4 is 11.1 Å². The summed E-state index contributed by atoms with van der Waals surface area (Å²) in [5.41, 5.74) is 7.47. The maximum Gasteiger partial charge on any atom is 0.257 e. The lowest BCUT2D eigenvalue weighted by atomic mass is 9.94. The number of carbonyl (C=O) groups is 2. The molecule has 2 heterocycles. The number of anilines is 1. The molecule has 1 aliphatic rings. The summed E-state index contributed by atoms with van der Waals surface area (Å²) >= 11 is 7.58. The zero-order valence-electron chi connectivity index (χ0n) is 17.1. The van der Waals surface area contributed by atoms with E-state index in [0.29, 0.717) is 33.0 Å². The van der Waals surface area contributed by atoms with Gasteiger partial charge in [0.25, 0.3) is 11.8 Å². The molecule has 0 radical (unpaired) electrons. The molecular weight excluding hydrogens is 406 g/mol. The number of hydrogen-bond acceptors (Lipinski definition) is 4. The SMILES string of the molecule is CC(C)C(C)CCN1CCc2c(sc(NC(=O)c3ccccc3Cl)c2C(N)=O)C1. The summed E-state index contributed by atoms with van der Waals surface area (Å²) in [6, 6.07) is 6.85. The molecule has 1 aromatic heterocycles. The molecule has 0 fully saturated rings. The third-order valence-electron chi connectivity index (χ3n) is 5.77. The Hall–Kier alpha value is -1.89. The Labute approximate surface area is 181 Å². The molecule has 0 saturated carbocycles. The fourth-order valence-electron chi connectivity index (χ4n) is 3.53. The third kappa shape index (κ3) is 5.00. The van der Waals surface area contributed by atoms with Crippen molar-refractivity contribution in [2.24, 2.45) is 17.6 Å². The average molecular weight is 434 g/mol. The van der Waals surface area contributed by atoms with Gasteiger partial charge in [0.1, 0.15) is 5.00 Å². The molecule has 0 bridgehead atoms. The monoisotopic (exact) mass is 433 g/mol. The minimum absolute atomic E-state index is 0.334. The number of hydrogen-bond donors (Lipinski definition) is 2. The fourth-order valence-corrected chi connectivity index (χ4v) is 5.04. The van der Waals surface area contributed by atoms with Crippen LogP contribution in [-0.4, -0.2) is 29.8 Å². The molecule has 0 saturated heterocycles. The van der Waals surface area contributed by atoms with Crippen LogP contribution in [-0.2, 0) is 13.0 Å². The van der Waals surface area contributed by atoms with Gasteiger partial charge in [-0.2, -0.15) is 0 Å². The summed E-state index contributed by atoms with van der Waals surface area (Å²) in [6.45, 7) is 9.51. The molecule has 2 aromatic rings. The minimum Gasteiger partial charge on any atom is -0.365 e. The van der Waals surface area contributed by atoms with Crippen molar-refractivity contribution in [1.82, 2.24) is 4.90 Å². The number of halogens is 1. The number of nitrogens with one attached hydrogen (secondary N) is 1. The number of thiophene rings is 1. The van der Waals surface area contributed by atoms with E-state index in [9.17, 15) is 9.59 Å². The van der Waals surface area contributed by atoms with Gasteiger partial charge in [0.2, 0.25) is 0 Å². The molecule has 5 nitrogen and oxygen atoms in total. The number of carbonyl (C=O) groups excluding carboxylic acids is 2. The Bertz CT molecular complexity index is 909. The first-order valence-electron chi connectivity index (χ1n) is 10.0. The molecule has 1 aromatic carbocycles. The molecule has 3 N–H and O–H groups in total. The summed E-state index contributed by atoms with van der Waals surface area (Å²) in [4.78, 5) is 28.4. The van der Waals surface area contributed by atoms with Gasteiger partial charge in [0.05, 0.1) is 16.1 Å². The third-order valence-corrected chi connectivity index (χ3v) is 7.23. The molecule has 1 unspecified atom stereocenters. The lowest BCUT2D eigenvalue weighted by Gasteiger charge is -2.28. The summed E-state index contributed by atoms with van der Waals surface area (Å²) < 4.78 is 0. The van der Waals surface area contributed by atoms with Crippen LogP contribution in [0.1, 0.15) is 58.3 Å². The molecule has 3 rings (SSSR count). The number of amides is 2. The molecule has 156 valence electrons. The lowest BCUT2D eigenvalue weighted by Crippen LogP contribution is -2.32. The van der Waals surface area contributed by atoms with Crippen molar-refractivity contribution in [2.45, 2.75) is 40.2 Å². The number of primary amides is 1. The fraction of sp³-hybridized carbons (Fsp3) is 0.455. The van der Waals surface area contributed by atoms with Gasteiger partial charge >= 0.3 is 0 Å². The van der Waals surface area contributed by atoms with Crippen LogP contribution in [0.2, 0.25) is 5.02 Å².